The van der Waals surface area contributed by atoms with Crippen molar-refractivity contribution in [3.8, 4) is 0 Å². The van der Waals surface area contributed by atoms with E-state index in [0.717, 1.165) is 51.4 Å². The zero-order chi connectivity index (χ0) is 32.6. The van der Waals surface area contributed by atoms with Crippen LogP contribution >= 0.6 is 0 Å². The second-order valence-corrected chi connectivity index (χ2v) is 14.4. The van der Waals surface area contributed by atoms with Crippen LogP contribution in [0.1, 0.15) is 187 Å². The fourth-order valence-electron chi connectivity index (χ4n) is 5.60. The third-order valence-electron chi connectivity index (χ3n) is 8.41. The monoisotopic (exact) mass is 642 g/mol. The van der Waals surface area contributed by atoms with Gasteiger partial charge < -0.3 is 10.4 Å². The van der Waals surface area contributed by atoms with Crippen molar-refractivity contribution in [3.05, 3.63) is 24.3 Å². The fraction of sp³-hybridized carbons (Fsp3) is 0.865. The smallest absolute Gasteiger partial charge is 0.266 e. The Bertz CT molecular complexity index is 796. The second-order valence-electron chi connectivity index (χ2n) is 12.9. The Balaban J connectivity index is 3.72. The molecule has 0 saturated carbocycles. The predicted octanol–water partition coefficient (Wildman–Crippen LogP) is 10.4. The molecule has 0 bridgehead atoms. The number of allylic oxidation sites excluding steroid dienone is 4. The molecule has 0 aromatic rings. The lowest BCUT2D eigenvalue weighted by Crippen LogP contribution is -2.47. The maximum absolute atomic E-state index is 12.4. The van der Waals surface area contributed by atoms with Crippen LogP contribution in [0.25, 0.3) is 0 Å². The Labute approximate surface area is 273 Å². The van der Waals surface area contributed by atoms with Crippen molar-refractivity contribution in [1.29, 1.82) is 0 Å². The molecule has 0 fully saturated rings. The molecule has 0 rings (SSSR count). The number of unbranched alkanes of at least 4 members (excludes halogenated alkanes) is 21. The molecule has 6 nitrogen and oxygen atoms in total. The van der Waals surface area contributed by atoms with Crippen LogP contribution in [0, 0.1) is 0 Å². The molecule has 7 heteroatoms. The SMILES string of the molecule is CCCCCCC/C=C\C/C=C\CCCCCCCCCCCCCC(=O)NC(CS(=O)(=O)O)C(O)CCCCCCCC. The summed E-state index contributed by atoms with van der Waals surface area (Å²) in [5.41, 5.74) is 0. The summed E-state index contributed by atoms with van der Waals surface area (Å²) in [5, 5.41) is 13.2. The van der Waals surface area contributed by atoms with Gasteiger partial charge in [-0.3, -0.25) is 9.35 Å². The molecule has 2 unspecified atom stereocenters. The second kappa shape index (κ2) is 31.8. The van der Waals surface area contributed by atoms with Gasteiger partial charge in [0, 0.05) is 6.42 Å². The predicted molar refractivity (Wildman–Crippen MR) is 189 cm³/mol. The number of rotatable bonds is 33. The first-order valence-electron chi connectivity index (χ1n) is 18.5. The number of aliphatic hydroxyl groups is 1. The van der Waals surface area contributed by atoms with Crippen LogP contribution in [0.4, 0.5) is 0 Å². The van der Waals surface area contributed by atoms with Gasteiger partial charge in [-0.25, -0.2) is 0 Å². The van der Waals surface area contributed by atoms with Crippen molar-refractivity contribution in [2.24, 2.45) is 0 Å². The standard InChI is InChI=1S/C37H71NO5S/c1-3-5-7-9-11-12-13-14-15-16-17-18-19-20-21-22-23-24-25-26-27-29-31-33-37(40)38-35(34-44(41,42)43)36(39)32-30-28-10-8-6-4-2/h13-14,16-17,35-36,39H,3-12,15,18-34H2,1-2H3,(H,38,40)(H,41,42,43)/b14-13-,17-16-. The summed E-state index contributed by atoms with van der Waals surface area (Å²) < 4.78 is 32.2. The summed E-state index contributed by atoms with van der Waals surface area (Å²) in [4.78, 5) is 12.4. The summed E-state index contributed by atoms with van der Waals surface area (Å²) in [6.45, 7) is 4.42. The van der Waals surface area contributed by atoms with E-state index in [-0.39, 0.29) is 5.91 Å². The van der Waals surface area contributed by atoms with Gasteiger partial charge in [-0.2, -0.15) is 8.42 Å². The highest BCUT2D eigenvalue weighted by molar-refractivity contribution is 7.85. The number of hydrogen-bond donors (Lipinski definition) is 3. The molecule has 260 valence electrons. The number of nitrogens with one attached hydrogen (secondary N) is 1. The van der Waals surface area contributed by atoms with Crippen LogP contribution < -0.4 is 5.32 Å². The minimum Gasteiger partial charge on any atom is -0.391 e. The zero-order valence-electron chi connectivity index (χ0n) is 28.8. The molecule has 0 heterocycles. The maximum atomic E-state index is 12.4. The average Bonchev–Trinajstić information content (AvgIpc) is 2.98. The minimum atomic E-state index is -4.29. The summed E-state index contributed by atoms with van der Waals surface area (Å²) in [6, 6.07) is -0.966. The number of carbonyl (C=O) groups excluding carboxylic acids is 1. The van der Waals surface area contributed by atoms with Gasteiger partial charge in [0.2, 0.25) is 5.91 Å². The topological polar surface area (TPSA) is 104 Å². The van der Waals surface area contributed by atoms with Gasteiger partial charge in [-0.05, 0) is 44.9 Å². The molecule has 3 N–H and O–H groups in total. The highest BCUT2D eigenvalue weighted by atomic mass is 32.2. The lowest BCUT2D eigenvalue weighted by atomic mass is 10.0. The normalized spacial score (nSPS) is 13.6. The van der Waals surface area contributed by atoms with E-state index in [1.165, 1.54) is 109 Å². The van der Waals surface area contributed by atoms with Crippen molar-refractivity contribution in [1.82, 2.24) is 5.32 Å². The van der Waals surface area contributed by atoms with Crippen molar-refractivity contribution in [2.75, 3.05) is 5.75 Å². The van der Waals surface area contributed by atoms with E-state index in [4.69, 9.17) is 0 Å². The van der Waals surface area contributed by atoms with E-state index in [1.807, 2.05) is 0 Å². The molecule has 0 aromatic heterocycles. The van der Waals surface area contributed by atoms with Crippen molar-refractivity contribution >= 4 is 16.0 Å². The molecule has 0 spiro atoms. The van der Waals surface area contributed by atoms with E-state index in [1.54, 1.807) is 0 Å². The Morgan fingerprint density at radius 1 is 0.614 bits per heavy atom. The number of aliphatic hydroxyl groups excluding tert-OH is 1. The lowest BCUT2D eigenvalue weighted by molar-refractivity contribution is -0.122. The molecule has 44 heavy (non-hydrogen) atoms. The number of hydrogen-bond acceptors (Lipinski definition) is 4. The Hall–Kier alpha value is -1.18. The largest absolute Gasteiger partial charge is 0.391 e. The van der Waals surface area contributed by atoms with Gasteiger partial charge in [0.15, 0.2) is 0 Å². The Morgan fingerprint density at radius 2 is 1.02 bits per heavy atom. The highest BCUT2D eigenvalue weighted by Crippen LogP contribution is 2.14. The zero-order valence-corrected chi connectivity index (χ0v) is 29.6. The van der Waals surface area contributed by atoms with Gasteiger partial charge in [-0.15, -0.1) is 0 Å². The molecule has 0 saturated heterocycles. The van der Waals surface area contributed by atoms with Crippen molar-refractivity contribution < 1.29 is 22.9 Å². The number of amides is 1. The molecule has 0 aromatic carbocycles. The third kappa shape index (κ3) is 32.2. The lowest BCUT2D eigenvalue weighted by Gasteiger charge is -2.23. The van der Waals surface area contributed by atoms with Gasteiger partial charge in [0.25, 0.3) is 10.1 Å². The molecule has 0 aliphatic heterocycles. The molecule has 0 radical (unpaired) electrons. The Kier molecular flexibility index (Phi) is 30.9. The quantitative estimate of drug-likeness (QED) is 0.0376. The first kappa shape index (κ1) is 42.8. The fourth-order valence-corrected chi connectivity index (χ4v) is 6.36. The van der Waals surface area contributed by atoms with Gasteiger partial charge in [0.05, 0.1) is 17.9 Å². The van der Waals surface area contributed by atoms with Crippen LogP contribution in [0.5, 0.6) is 0 Å². The van der Waals surface area contributed by atoms with Gasteiger partial charge >= 0.3 is 0 Å². The summed E-state index contributed by atoms with van der Waals surface area (Å²) in [5.74, 6) is -0.902. The van der Waals surface area contributed by atoms with E-state index < -0.39 is 28.0 Å². The van der Waals surface area contributed by atoms with Crippen LogP contribution in [0.3, 0.4) is 0 Å². The van der Waals surface area contributed by atoms with Crippen LogP contribution in [-0.4, -0.2) is 41.9 Å². The molecule has 1 amide bonds. The molecular formula is C37H71NO5S. The summed E-state index contributed by atoms with van der Waals surface area (Å²) >= 11 is 0. The van der Waals surface area contributed by atoms with Crippen LogP contribution in [-0.2, 0) is 14.9 Å². The highest BCUT2D eigenvalue weighted by Gasteiger charge is 2.26. The van der Waals surface area contributed by atoms with Crippen molar-refractivity contribution in [2.45, 2.75) is 199 Å². The summed E-state index contributed by atoms with van der Waals surface area (Å²) in [7, 11) is -4.29. The first-order chi connectivity index (χ1) is 21.3. The first-order valence-corrected chi connectivity index (χ1v) is 20.1. The van der Waals surface area contributed by atoms with Crippen LogP contribution in [0.15, 0.2) is 24.3 Å². The van der Waals surface area contributed by atoms with Gasteiger partial charge in [-0.1, -0.05) is 160 Å². The van der Waals surface area contributed by atoms with Crippen LogP contribution in [0.2, 0.25) is 0 Å². The molecule has 2 atom stereocenters. The van der Waals surface area contributed by atoms with Crippen molar-refractivity contribution in [3.63, 3.8) is 0 Å². The molecule has 0 aliphatic rings. The third-order valence-corrected chi connectivity index (χ3v) is 9.19. The van der Waals surface area contributed by atoms with E-state index >= 15 is 0 Å². The average molecular weight is 642 g/mol. The van der Waals surface area contributed by atoms with Gasteiger partial charge in [0.1, 0.15) is 0 Å². The minimum absolute atomic E-state index is 0.253. The molecule has 0 aliphatic carbocycles. The van der Waals surface area contributed by atoms with E-state index in [9.17, 15) is 22.9 Å². The summed E-state index contributed by atoms with van der Waals surface area (Å²) in [6.07, 6.45) is 38.8. The maximum Gasteiger partial charge on any atom is 0.266 e. The molecular weight excluding hydrogens is 570 g/mol. The number of carbonyl (C=O) groups is 1. The van der Waals surface area contributed by atoms with E-state index in [2.05, 4.69) is 43.5 Å². The Morgan fingerprint density at radius 3 is 1.48 bits per heavy atom. The van der Waals surface area contributed by atoms with E-state index in [0.29, 0.717) is 12.8 Å².